The topological polar surface area (TPSA) is 136 Å². The number of nitrogens with two attached hydrogens (primary N) is 1. The van der Waals surface area contributed by atoms with E-state index in [1.54, 1.807) is 42.5 Å². The van der Waals surface area contributed by atoms with Crippen LogP contribution in [0.3, 0.4) is 0 Å². The van der Waals surface area contributed by atoms with E-state index in [0.717, 1.165) is 0 Å². The number of hydrogen-bond donors (Lipinski definition) is 3. The molecule has 2 aromatic carbocycles. The lowest BCUT2D eigenvalue weighted by atomic mass is 9.83. The number of benzene rings is 2. The monoisotopic (exact) mass is 494 g/mol. The maximum absolute atomic E-state index is 12.9. The molecular formula is C24H25F3N2O6. The predicted octanol–water partition coefficient (Wildman–Crippen LogP) is 3.42. The second-order valence-electron chi connectivity index (χ2n) is 7.95. The van der Waals surface area contributed by atoms with E-state index in [1.165, 1.54) is 0 Å². The molecule has 1 atom stereocenters. The molecule has 0 bridgehead atoms. The van der Waals surface area contributed by atoms with Crippen LogP contribution in [0.4, 0.5) is 18.9 Å². The first-order chi connectivity index (χ1) is 16.4. The maximum Gasteiger partial charge on any atom is 0.490 e. The van der Waals surface area contributed by atoms with Gasteiger partial charge in [-0.3, -0.25) is 14.4 Å². The molecule has 1 aliphatic carbocycles. The fraction of sp³-hybridized carbons (Fsp3) is 0.333. The number of aliphatic carboxylic acids is 1. The molecule has 2 aromatic rings. The smallest absolute Gasteiger partial charge is 0.475 e. The van der Waals surface area contributed by atoms with Gasteiger partial charge in [0.1, 0.15) is 6.04 Å². The highest BCUT2D eigenvalue weighted by molar-refractivity contribution is 6.30. The first-order valence-corrected chi connectivity index (χ1v) is 10.6. The molecule has 0 aromatic heterocycles. The summed E-state index contributed by atoms with van der Waals surface area (Å²) >= 11 is 0. The molecule has 188 valence electrons. The largest absolute Gasteiger partial charge is 0.490 e. The third-order valence-electron chi connectivity index (χ3n) is 5.07. The van der Waals surface area contributed by atoms with Crippen LogP contribution in [0.1, 0.15) is 52.1 Å². The molecule has 0 aliphatic heterocycles. The van der Waals surface area contributed by atoms with Gasteiger partial charge in [-0.15, -0.1) is 0 Å². The van der Waals surface area contributed by atoms with Gasteiger partial charge in [-0.05, 0) is 18.4 Å². The van der Waals surface area contributed by atoms with E-state index in [0.29, 0.717) is 40.9 Å². The molecule has 0 saturated heterocycles. The Bertz CT molecular complexity index is 1110. The van der Waals surface area contributed by atoms with Crippen molar-refractivity contribution >= 4 is 29.2 Å². The minimum Gasteiger partial charge on any atom is -0.475 e. The van der Waals surface area contributed by atoms with Gasteiger partial charge in [0.25, 0.3) is 0 Å². The summed E-state index contributed by atoms with van der Waals surface area (Å²) in [5.74, 6) is -3.46. The number of carbonyl (C=O) groups is 4. The van der Waals surface area contributed by atoms with Crippen molar-refractivity contribution in [2.75, 3.05) is 18.5 Å². The second kappa shape index (κ2) is 11.6. The van der Waals surface area contributed by atoms with E-state index in [2.05, 4.69) is 5.32 Å². The quantitative estimate of drug-likeness (QED) is 0.336. The van der Waals surface area contributed by atoms with Crippen molar-refractivity contribution in [1.29, 1.82) is 0 Å². The fourth-order valence-electron chi connectivity index (χ4n) is 3.13. The lowest BCUT2D eigenvalue weighted by Crippen LogP contribution is -2.37. The zero-order valence-electron chi connectivity index (χ0n) is 19.0. The zero-order valence-corrected chi connectivity index (χ0v) is 19.0. The van der Waals surface area contributed by atoms with Crippen LogP contribution in [0.2, 0.25) is 0 Å². The number of alkyl halides is 3. The first kappa shape index (κ1) is 27.5. The van der Waals surface area contributed by atoms with Crippen molar-refractivity contribution in [3.05, 3.63) is 64.7 Å². The number of ether oxygens (including phenoxy) is 1. The summed E-state index contributed by atoms with van der Waals surface area (Å²) in [4.78, 5) is 46.3. The van der Waals surface area contributed by atoms with Crippen molar-refractivity contribution < 1.29 is 42.2 Å². The van der Waals surface area contributed by atoms with Crippen molar-refractivity contribution in [1.82, 2.24) is 0 Å². The van der Waals surface area contributed by atoms with Crippen molar-refractivity contribution in [3.63, 3.8) is 0 Å². The Morgan fingerprint density at radius 3 is 2.09 bits per heavy atom. The predicted molar refractivity (Wildman–Crippen MR) is 120 cm³/mol. The number of nitrogens with one attached hydrogen (secondary N) is 1. The Labute approximate surface area is 199 Å². The Morgan fingerprint density at radius 2 is 1.54 bits per heavy atom. The van der Waals surface area contributed by atoms with E-state index in [9.17, 15) is 27.6 Å². The number of anilines is 1. The van der Waals surface area contributed by atoms with Gasteiger partial charge in [0.15, 0.2) is 11.6 Å². The van der Waals surface area contributed by atoms with Crippen LogP contribution >= 0.6 is 0 Å². The highest BCUT2D eigenvalue weighted by Gasteiger charge is 2.38. The van der Waals surface area contributed by atoms with Crippen LogP contribution in [0.15, 0.2) is 42.5 Å². The van der Waals surface area contributed by atoms with Crippen LogP contribution in [0.5, 0.6) is 0 Å². The van der Waals surface area contributed by atoms with Gasteiger partial charge >= 0.3 is 18.1 Å². The van der Waals surface area contributed by atoms with Gasteiger partial charge in [0.05, 0.1) is 12.2 Å². The van der Waals surface area contributed by atoms with Gasteiger partial charge in [0, 0.05) is 28.9 Å². The Kier molecular flexibility index (Phi) is 9.12. The number of halogens is 3. The second-order valence-corrected chi connectivity index (χ2v) is 7.95. The molecule has 1 aliphatic rings. The van der Waals surface area contributed by atoms with Gasteiger partial charge < -0.3 is 20.9 Å². The molecular weight excluding hydrogens is 469 g/mol. The van der Waals surface area contributed by atoms with Gasteiger partial charge in [-0.1, -0.05) is 50.2 Å². The standard InChI is InChI=1S/C22H24N2O4.C2HF3O2/c1-13(2)19(23)22(27)28-12-6-11-24-17-10-5-9-16-18(17)21(26)15-8-4-3-7-14(15)20(16)25;3-2(4,5)1(6)7/h3-5,7-10,13,19,24H,6,11-12,23H2,1-2H3;(H,6,7)/t19-;/m1./s1. The van der Waals surface area contributed by atoms with E-state index < -0.39 is 24.2 Å². The van der Waals surface area contributed by atoms with Crippen molar-refractivity contribution in [2.45, 2.75) is 32.5 Å². The molecule has 8 nitrogen and oxygen atoms in total. The number of fused-ring (bicyclic) bond motifs is 2. The van der Waals surface area contributed by atoms with E-state index >= 15 is 0 Å². The molecule has 0 unspecified atom stereocenters. The molecule has 11 heteroatoms. The Morgan fingerprint density at radius 1 is 1.00 bits per heavy atom. The molecule has 0 amide bonds. The molecule has 3 rings (SSSR count). The lowest BCUT2D eigenvalue weighted by Gasteiger charge is -2.20. The summed E-state index contributed by atoms with van der Waals surface area (Å²) in [6.07, 6.45) is -4.53. The summed E-state index contributed by atoms with van der Waals surface area (Å²) in [6, 6.07) is 11.4. The molecule has 35 heavy (non-hydrogen) atoms. The molecule has 0 fully saturated rings. The summed E-state index contributed by atoms with van der Waals surface area (Å²) < 4.78 is 36.9. The van der Waals surface area contributed by atoms with Crippen molar-refractivity contribution in [3.8, 4) is 0 Å². The Hall–Kier alpha value is -3.73. The molecule has 0 spiro atoms. The van der Waals surface area contributed by atoms with Crippen LogP contribution in [0.25, 0.3) is 0 Å². The van der Waals surface area contributed by atoms with Crippen LogP contribution in [-0.2, 0) is 14.3 Å². The molecule has 0 heterocycles. The van der Waals surface area contributed by atoms with Crippen LogP contribution < -0.4 is 11.1 Å². The average Bonchev–Trinajstić information content (AvgIpc) is 2.81. The fourth-order valence-corrected chi connectivity index (χ4v) is 3.13. The van der Waals surface area contributed by atoms with Gasteiger partial charge in [-0.25, -0.2) is 4.79 Å². The summed E-state index contributed by atoms with van der Waals surface area (Å²) in [5.41, 5.74) is 8.01. The van der Waals surface area contributed by atoms with Gasteiger partial charge in [0.2, 0.25) is 0 Å². The first-order valence-electron chi connectivity index (χ1n) is 10.6. The third-order valence-corrected chi connectivity index (χ3v) is 5.07. The number of ketones is 2. The van der Waals surface area contributed by atoms with E-state index in [1.807, 2.05) is 13.8 Å². The average molecular weight is 494 g/mol. The molecule has 0 radical (unpaired) electrons. The number of carboxylic acid groups (broad SMARTS) is 1. The Balaban J connectivity index is 0.000000540. The normalized spacial score (nSPS) is 13.2. The highest BCUT2D eigenvalue weighted by atomic mass is 19.4. The van der Waals surface area contributed by atoms with Crippen molar-refractivity contribution in [2.24, 2.45) is 11.7 Å². The maximum atomic E-state index is 12.9. The summed E-state index contributed by atoms with van der Waals surface area (Å²) in [7, 11) is 0. The van der Waals surface area contributed by atoms with E-state index in [-0.39, 0.29) is 24.1 Å². The number of hydrogen-bond acceptors (Lipinski definition) is 7. The van der Waals surface area contributed by atoms with Gasteiger partial charge in [-0.2, -0.15) is 13.2 Å². The highest BCUT2D eigenvalue weighted by Crippen LogP contribution is 2.31. The lowest BCUT2D eigenvalue weighted by molar-refractivity contribution is -0.192. The minimum absolute atomic E-state index is 0.0212. The SMILES string of the molecule is CC(C)[C@@H](N)C(=O)OCCCNc1cccc2c1C(=O)c1ccccc1C2=O.O=C(O)C(F)(F)F. The number of carboxylic acids is 1. The van der Waals surface area contributed by atoms with E-state index in [4.69, 9.17) is 20.4 Å². The zero-order chi connectivity index (χ0) is 26.3. The molecule has 0 saturated carbocycles. The molecule has 4 N–H and O–H groups in total. The van der Waals surface area contributed by atoms with Crippen LogP contribution in [0, 0.1) is 5.92 Å². The number of carbonyl (C=O) groups excluding carboxylic acids is 3. The van der Waals surface area contributed by atoms with Crippen LogP contribution in [-0.4, -0.2) is 54.0 Å². The number of rotatable bonds is 7. The summed E-state index contributed by atoms with van der Waals surface area (Å²) in [5, 5.41) is 10.3. The third kappa shape index (κ3) is 6.89. The summed E-state index contributed by atoms with van der Waals surface area (Å²) in [6.45, 7) is 4.45. The number of esters is 1. The minimum atomic E-state index is -5.08.